The predicted molar refractivity (Wildman–Crippen MR) is 131 cm³/mol. The van der Waals surface area contributed by atoms with Crippen LogP contribution in [0.1, 0.15) is 28.8 Å². The molecule has 7 nitrogen and oxygen atoms in total. The van der Waals surface area contributed by atoms with Crippen LogP contribution in [0.5, 0.6) is 0 Å². The molecule has 2 aliphatic heterocycles. The lowest BCUT2D eigenvalue weighted by Gasteiger charge is -2.40. The summed E-state index contributed by atoms with van der Waals surface area (Å²) in [6.07, 6.45) is 4.86. The standard InChI is InChI=1S/C27H27N5O2/c1-31-25(34)27(30-26(31)28,23-11-5-9-20(17-23)21-10-6-14-29-18-21)22-12-15-32(16-13-22)24(33)19-7-3-2-4-8-19/h2-11,14,17-18,22H,12-13,15-16H2,1H3,(H2,28,30). The average molecular weight is 454 g/mol. The van der Waals surface area contributed by atoms with E-state index in [1.165, 1.54) is 4.90 Å². The van der Waals surface area contributed by atoms with Gasteiger partial charge in [0.1, 0.15) is 0 Å². The van der Waals surface area contributed by atoms with Crippen LogP contribution in [0.2, 0.25) is 0 Å². The van der Waals surface area contributed by atoms with Gasteiger partial charge in [0.2, 0.25) is 0 Å². The van der Waals surface area contributed by atoms with Crippen LogP contribution in [0.4, 0.5) is 0 Å². The smallest absolute Gasteiger partial charge is 0.261 e. The Hall–Kier alpha value is -4.00. The van der Waals surface area contributed by atoms with Crippen LogP contribution >= 0.6 is 0 Å². The summed E-state index contributed by atoms with van der Waals surface area (Å²) in [5.41, 5.74) is 8.51. The Kier molecular flexibility index (Phi) is 5.61. The van der Waals surface area contributed by atoms with Crippen molar-refractivity contribution >= 4 is 17.8 Å². The molecule has 2 N–H and O–H groups in total. The molecule has 2 amide bonds. The monoisotopic (exact) mass is 453 g/mol. The molecule has 0 spiro atoms. The van der Waals surface area contributed by atoms with Gasteiger partial charge in [0.05, 0.1) is 0 Å². The second kappa shape index (κ2) is 8.74. The van der Waals surface area contributed by atoms with E-state index in [9.17, 15) is 9.59 Å². The molecule has 1 atom stereocenters. The highest BCUT2D eigenvalue weighted by Gasteiger charge is 2.54. The third kappa shape index (κ3) is 3.63. The fraction of sp³-hybridized carbons (Fsp3) is 0.259. The van der Waals surface area contributed by atoms with Gasteiger partial charge in [-0.05, 0) is 53.8 Å². The summed E-state index contributed by atoms with van der Waals surface area (Å²) in [5, 5.41) is 0. The van der Waals surface area contributed by atoms with Crippen molar-refractivity contribution in [2.45, 2.75) is 18.4 Å². The van der Waals surface area contributed by atoms with Crippen molar-refractivity contribution in [2.24, 2.45) is 16.6 Å². The number of aliphatic imine (C=N–C) groups is 1. The molecular formula is C27H27N5O2. The Balaban J connectivity index is 1.47. The molecule has 0 bridgehead atoms. The summed E-state index contributed by atoms with van der Waals surface area (Å²) in [6, 6.07) is 21.1. The second-order valence-corrected chi connectivity index (χ2v) is 8.86. The van der Waals surface area contributed by atoms with Crippen LogP contribution in [0.3, 0.4) is 0 Å². The van der Waals surface area contributed by atoms with Crippen molar-refractivity contribution in [1.29, 1.82) is 0 Å². The summed E-state index contributed by atoms with van der Waals surface area (Å²) in [4.78, 5) is 38.9. The molecule has 0 saturated carbocycles. The van der Waals surface area contributed by atoms with Gasteiger partial charge in [-0.1, -0.05) is 42.5 Å². The van der Waals surface area contributed by atoms with E-state index in [0.29, 0.717) is 31.5 Å². The van der Waals surface area contributed by atoms with E-state index >= 15 is 0 Å². The number of hydrogen-bond acceptors (Lipinski definition) is 5. The first-order chi connectivity index (χ1) is 16.5. The van der Waals surface area contributed by atoms with Crippen molar-refractivity contribution in [2.75, 3.05) is 20.1 Å². The summed E-state index contributed by atoms with van der Waals surface area (Å²) in [5.74, 6) is 0.0396. The second-order valence-electron chi connectivity index (χ2n) is 8.86. The number of amides is 2. The third-order valence-corrected chi connectivity index (χ3v) is 6.96. The number of pyridine rings is 1. The molecule has 5 rings (SSSR count). The molecule has 2 aliphatic rings. The molecule has 0 radical (unpaired) electrons. The molecule has 1 saturated heterocycles. The van der Waals surface area contributed by atoms with Gasteiger partial charge in [-0.3, -0.25) is 19.5 Å². The number of piperidine rings is 1. The van der Waals surface area contributed by atoms with Crippen LogP contribution in [-0.2, 0) is 10.3 Å². The van der Waals surface area contributed by atoms with E-state index in [-0.39, 0.29) is 23.7 Å². The molecule has 7 heteroatoms. The zero-order chi connectivity index (χ0) is 23.7. The van der Waals surface area contributed by atoms with Crippen molar-refractivity contribution in [3.63, 3.8) is 0 Å². The predicted octanol–water partition coefficient (Wildman–Crippen LogP) is 3.28. The van der Waals surface area contributed by atoms with Gasteiger partial charge >= 0.3 is 0 Å². The van der Waals surface area contributed by atoms with Gasteiger partial charge in [0.25, 0.3) is 11.8 Å². The molecule has 2 aromatic carbocycles. The van der Waals surface area contributed by atoms with Crippen LogP contribution < -0.4 is 5.73 Å². The number of guanidine groups is 1. The summed E-state index contributed by atoms with van der Waals surface area (Å²) >= 11 is 0. The number of benzene rings is 2. The maximum Gasteiger partial charge on any atom is 0.261 e. The van der Waals surface area contributed by atoms with Crippen molar-refractivity contribution in [3.05, 3.63) is 90.3 Å². The number of carbonyl (C=O) groups excluding carboxylic acids is 2. The Morgan fingerprint density at radius 2 is 1.74 bits per heavy atom. The van der Waals surface area contributed by atoms with Gasteiger partial charge in [0, 0.05) is 44.0 Å². The molecule has 34 heavy (non-hydrogen) atoms. The van der Waals surface area contributed by atoms with Crippen LogP contribution in [0.25, 0.3) is 11.1 Å². The molecule has 1 fully saturated rings. The highest BCUT2D eigenvalue weighted by Crippen LogP contribution is 2.45. The number of likely N-dealkylation sites (tertiary alicyclic amines) is 1. The number of carbonyl (C=O) groups is 2. The van der Waals surface area contributed by atoms with Crippen molar-refractivity contribution in [1.82, 2.24) is 14.8 Å². The van der Waals surface area contributed by atoms with Crippen molar-refractivity contribution in [3.8, 4) is 11.1 Å². The van der Waals surface area contributed by atoms with Crippen molar-refractivity contribution < 1.29 is 9.59 Å². The Labute approximate surface area is 198 Å². The third-order valence-electron chi connectivity index (χ3n) is 6.96. The summed E-state index contributed by atoms with van der Waals surface area (Å²) in [7, 11) is 1.67. The number of likely N-dealkylation sites (N-methyl/N-ethyl adjacent to an activating group) is 1. The van der Waals surface area contributed by atoms with Crippen LogP contribution in [0, 0.1) is 5.92 Å². The topological polar surface area (TPSA) is 91.9 Å². The Morgan fingerprint density at radius 3 is 2.38 bits per heavy atom. The minimum Gasteiger partial charge on any atom is -0.369 e. The summed E-state index contributed by atoms with van der Waals surface area (Å²) < 4.78 is 0. The number of nitrogens with two attached hydrogens (primary N) is 1. The Morgan fingerprint density at radius 1 is 1.00 bits per heavy atom. The average Bonchev–Trinajstić information content (AvgIpc) is 3.14. The Bertz CT molecular complexity index is 1240. The first kappa shape index (κ1) is 21.8. The molecule has 172 valence electrons. The van der Waals surface area contributed by atoms with Gasteiger partial charge in [-0.2, -0.15) is 0 Å². The minimum absolute atomic E-state index is 0.0181. The lowest BCUT2D eigenvalue weighted by atomic mass is 9.72. The fourth-order valence-electron chi connectivity index (χ4n) is 5.09. The molecule has 1 aromatic heterocycles. The quantitative estimate of drug-likeness (QED) is 0.656. The maximum absolute atomic E-state index is 13.7. The SMILES string of the molecule is CN1C(=O)C(c2cccc(-c3cccnc3)c2)(C2CCN(C(=O)c3ccccc3)CC2)N=C1N. The van der Waals surface area contributed by atoms with E-state index in [2.05, 4.69) is 4.98 Å². The van der Waals surface area contributed by atoms with Crippen LogP contribution in [0.15, 0.2) is 84.1 Å². The first-order valence-corrected chi connectivity index (χ1v) is 11.5. The number of aromatic nitrogens is 1. The van der Waals surface area contributed by atoms with E-state index < -0.39 is 5.54 Å². The van der Waals surface area contributed by atoms with Gasteiger partial charge in [0.15, 0.2) is 11.5 Å². The molecule has 1 unspecified atom stereocenters. The zero-order valence-corrected chi connectivity index (χ0v) is 19.1. The first-order valence-electron chi connectivity index (χ1n) is 11.5. The lowest BCUT2D eigenvalue weighted by Crippen LogP contribution is -2.49. The zero-order valence-electron chi connectivity index (χ0n) is 19.1. The largest absolute Gasteiger partial charge is 0.369 e. The lowest BCUT2D eigenvalue weighted by molar-refractivity contribution is -0.133. The van der Waals surface area contributed by atoms with Crippen LogP contribution in [-0.4, -0.2) is 52.7 Å². The molecule has 0 aliphatic carbocycles. The molecule has 3 aromatic rings. The van der Waals surface area contributed by atoms with E-state index in [4.69, 9.17) is 10.7 Å². The highest BCUT2D eigenvalue weighted by atomic mass is 16.2. The maximum atomic E-state index is 13.7. The number of hydrogen-bond donors (Lipinski definition) is 1. The highest BCUT2D eigenvalue weighted by molar-refractivity contribution is 6.07. The summed E-state index contributed by atoms with van der Waals surface area (Å²) in [6.45, 7) is 1.13. The number of nitrogens with zero attached hydrogens (tertiary/aromatic N) is 4. The van der Waals surface area contributed by atoms with E-state index in [1.807, 2.05) is 71.6 Å². The normalized spacial score (nSPS) is 21.0. The van der Waals surface area contributed by atoms with Gasteiger partial charge in [-0.15, -0.1) is 0 Å². The van der Waals surface area contributed by atoms with E-state index in [1.54, 1.807) is 19.4 Å². The molecule has 3 heterocycles. The number of rotatable bonds is 4. The van der Waals surface area contributed by atoms with Gasteiger partial charge in [-0.25, -0.2) is 4.99 Å². The minimum atomic E-state index is -1.10. The molecular weight excluding hydrogens is 426 g/mol. The van der Waals surface area contributed by atoms with Gasteiger partial charge < -0.3 is 10.6 Å². The fourth-order valence-corrected chi connectivity index (χ4v) is 5.09. The van der Waals surface area contributed by atoms with E-state index in [0.717, 1.165) is 16.7 Å².